The molecule has 1 aromatic rings. The zero-order chi connectivity index (χ0) is 12.3. The lowest BCUT2D eigenvalue weighted by atomic mass is 9.94. The Hall–Kier alpha value is -1.12. The average molecular weight is 233 g/mol. The van der Waals surface area contributed by atoms with Gasteiger partial charge >= 0.3 is 0 Å². The standard InChI is InChI=1S/C14H23N3/c1-4-9-14(2,3)17-13-11-7-5-6-8-12(11)15-10-16-13/h10H,4-9H2,1-3H3,(H,15,16,17). The maximum absolute atomic E-state index is 4.44. The largest absolute Gasteiger partial charge is 0.365 e. The van der Waals surface area contributed by atoms with Crippen LogP contribution in [0.25, 0.3) is 0 Å². The van der Waals surface area contributed by atoms with Gasteiger partial charge in [0.05, 0.1) is 0 Å². The summed E-state index contributed by atoms with van der Waals surface area (Å²) in [5, 5.41) is 3.60. The Morgan fingerprint density at radius 3 is 2.76 bits per heavy atom. The van der Waals surface area contributed by atoms with Gasteiger partial charge in [-0.05, 0) is 46.0 Å². The van der Waals surface area contributed by atoms with Crippen LogP contribution in [0.3, 0.4) is 0 Å². The quantitative estimate of drug-likeness (QED) is 0.866. The minimum Gasteiger partial charge on any atom is -0.365 e. The van der Waals surface area contributed by atoms with Crippen LogP contribution in [0.15, 0.2) is 6.33 Å². The summed E-state index contributed by atoms with van der Waals surface area (Å²) in [6.45, 7) is 6.71. The topological polar surface area (TPSA) is 37.8 Å². The predicted octanol–water partition coefficient (Wildman–Crippen LogP) is 3.35. The summed E-state index contributed by atoms with van der Waals surface area (Å²) in [7, 11) is 0. The molecule has 0 aliphatic heterocycles. The first-order chi connectivity index (χ1) is 8.12. The zero-order valence-corrected chi connectivity index (χ0v) is 11.2. The Morgan fingerprint density at radius 1 is 1.24 bits per heavy atom. The first kappa shape index (κ1) is 12.3. The highest BCUT2D eigenvalue weighted by molar-refractivity contribution is 5.48. The Balaban J connectivity index is 2.21. The van der Waals surface area contributed by atoms with Crippen molar-refractivity contribution < 1.29 is 0 Å². The van der Waals surface area contributed by atoms with Crippen molar-refractivity contribution in [2.45, 2.75) is 64.8 Å². The third-order valence-electron chi connectivity index (χ3n) is 3.46. The predicted molar refractivity (Wildman–Crippen MR) is 71.3 cm³/mol. The molecular formula is C14H23N3. The first-order valence-electron chi connectivity index (χ1n) is 6.73. The van der Waals surface area contributed by atoms with E-state index in [1.165, 1.54) is 30.5 Å². The van der Waals surface area contributed by atoms with Gasteiger partial charge < -0.3 is 5.32 Å². The summed E-state index contributed by atoms with van der Waals surface area (Å²) in [5.41, 5.74) is 2.72. The van der Waals surface area contributed by atoms with Crippen LogP contribution in [-0.2, 0) is 12.8 Å². The molecule has 0 bridgehead atoms. The summed E-state index contributed by atoms with van der Waals surface area (Å²) in [4.78, 5) is 8.84. The van der Waals surface area contributed by atoms with Crippen LogP contribution >= 0.6 is 0 Å². The van der Waals surface area contributed by atoms with E-state index in [1.54, 1.807) is 6.33 Å². The van der Waals surface area contributed by atoms with Gasteiger partial charge in [-0.2, -0.15) is 0 Å². The fourth-order valence-corrected chi connectivity index (χ4v) is 2.64. The van der Waals surface area contributed by atoms with E-state index >= 15 is 0 Å². The van der Waals surface area contributed by atoms with E-state index in [4.69, 9.17) is 0 Å². The fraction of sp³-hybridized carbons (Fsp3) is 0.714. The zero-order valence-electron chi connectivity index (χ0n) is 11.2. The number of aromatic nitrogens is 2. The van der Waals surface area contributed by atoms with E-state index in [2.05, 4.69) is 36.1 Å². The molecule has 1 heterocycles. The molecule has 0 spiro atoms. The van der Waals surface area contributed by atoms with Crippen LogP contribution in [0.4, 0.5) is 5.82 Å². The van der Waals surface area contributed by atoms with E-state index in [0.717, 1.165) is 25.1 Å². The van der Waals surface area contributed by atoms with Crippen LogP contribution in [-0.4, -0.2) is 15.5 Å². The van der Waals surface area contributed by atoms with E-state index in [9.17, 15) is 0 Å². The van der Waals surface area contributed by atoms with Crippen molar-refractivity contribution in [1.82, 2.24) is 9.97 Å². The van der Waals surface area contributed by atoms with Crippen molar-refractivity contribution in [3.63, 3.8) is 0 Å². The minimum atomic E-state index is 0.119. The molecule has 0 fully saturated rings. The molecular weight excluding hydrogens is 210 g/mol. The lowest BCUT2D eigenvalue weighted by molar-refractivity contribution is 0.507. The molecule has 1 N–H and O–H groups in total. The molecule has 3 heteroatoms. The molecule has 1 aliphatic carbocycles. The van der Waals surface area contributed by atoms with Crippen molar-refractivity contribution in [3.05, 3.63) is 17.6 Å². The molecule has 0 amide bonds. The number of fused-ring (bicyclic) bond motifs is 1. The normalized spacial score (nSPS) is 15.5. The maximum atomic E-state index is 4.44. The molecule has 0 radical (unpaired) electrons. The van der Waals surface area contributed by atoms with Crippen LogP contribution in [0.2, 0.25) is 0 Å². The van der Waals surface area contributed by atoms with Gasteiger partial charge in [-0.1, -0.05) is 13.3 Å². The van der Waals surface area contributed by atoms with E-state index in [0.29, 0.717) is 0 Å². The number of nitrogens with one attached hydrogen (secondary N) is 1. The smallest absolute Gasteiger partial charge is 0.133 e. The number of aryl methyl sites for hydroxylation is 1. The van der Waals surface area contributed by atoms with Crippen LogP contribution in [0.5, 0.6) is 0 Å². The maximum Gasteiger partial charge on any atom is 0.133 e. The monoisotopic (exact) mass is 233 g/mol. The van der Waals surface area contributed by atoms with Gasteiger partial charge in [0.1, 0.15) is 12.1 Å². The highest BCUT2D eigenvalue weighted by Gasteiger charge is 2.21. The number of rotatable bonds is 4. The highest BCUT2D eigenvalue weighted by atomic mass is 15.1. The molecule has 17 heavy (non-hydrogen) atoms. The molecule has 2 rings (SSSR count). The van der Waals surface area contributed by atoms with Crippen LogP contribution in [0, 0.1) is 0 Å². The van der Waals surface area contributed by atoms with Crippen molar-refractivity contribution in [1.29, 1.82) is 0 Å². The molecule has 94 valence electrons. The van der Waals surface area contributed by atoms with E-state index in [-0.39, 0.29) is 5.54 Å². The average Bonchev–Trinajstić information content (AvgIpc) is 2.29. The van der Waals surface area contributed by atoms with Crippen molar-refractivity contribution in [3.8, 4) is 0 Å². The molecule has 0 atom stereocenters. The van der Waals surface area contributed by atoms with Gasteiger partial charge in [-0.25, -0.2) is 9.97 Å². The van der Waals surface area contributed by atoms with E-state index in [1.807, 2.05) is 0 Å². The Morgan fingerprint density at radius 2 is 2.00 bits per heavy atom. The SMILES string of the molecule is CCCC(C)(C)Nc1ncnc2c1CCCC2. The Bertz CT molecular complexity index is 385. The summed E-state index contributed by atoms with van der Waals surface area (Å²) in [6.07, 6.45) is 8.82. The first-order valence-corrected chi connectivity index (χ1v) is 6.73. The summed E-state index contributed by atoms with van der Waals surface area (Å²) in [6, 6.07) is 0. The second-order valence-electron chi connectivity index (χ2n) is 5.61. The van der Waals surface area contributed by atoms with Gasteiger partial charge in [-0.15, -0.1) is 0 Å². The van der Waals surface area contributed by atoms with Crippen LogP contribution < -0.4 is 5.32 Å². The molecule has 1 aliphatic rings. The fourth-order valence-electron chi connectivity index (χ4n) is 2.64. The van der Waals surface area contributed by atoms with Gasteiger partial charge in [0.2, 0.25) is 0 Å². The molecule has 3 nitrogen and oxygen atoms in total. The Kier molecular flexibility index (Phi) is 3.65. The number of anilines is 1. The van der Waals surface area contributed by atoms with Gasteiger partial charge in [0, 0.05) is 16.8 Å². The second kappa shape index (κ2) is 5.03. The molecule has 0 unspecified atom stereocenters. The number of hydrogen-bond donors (Lipinski definition) is 1. The van der Waals surface area contributed by atoms with Gasteiger partial charge in [-0.3, -0.25) is 0 Å². The summed E-state index contributed by atoms with van der Waals surface area (Å²) < 4.78 is 0. The number of hydrogen-bond acceptors (Lipinski definition) is 3. The van der Waals surface area contributed by atoms with Crippen LogP contribution in [0.1, 0.15) is 57.7 Å². The van der Waals surface area contributed by atoms with Crippen molar-refractivity contribution in [2.75, 3.05) is 5.32 Å². The third-order valence-corrected chi connectivity index (χ3v) is 3.46. The third kappa shape index (κ3) is 2.96. The lowest BCUT2D eigenvalue weighted by Gasteiger charge is -2.29. The molecule has 0 aromatic carbocycles. The minimum absolute atomic E-state index is 0.119. The summed E-state index contributed by atoms with van der Waals surface area (Å²) in [5.74, 6) is 1.06. The van der Waals surface area contributed by atoms with Crippen molar-refractivity contribution in [2.24, 2.45) is 0 Å². The highest BCUT2D eigenvalue weighted by Crippen LogP contribution is 2.27. The molecule has 0 saturated heterocycles. The second-order valence-corrected chi connectivity index (χ2v) is 5.61. The number of nitrogens with zero attached hydrogens (tertiary/aromatic N) is 2. The molecule has 0 saturated carbocycles. The van der Waals surface area contributed by atoms with Gasteiger partial charge in [0.25, 0.3) is 0 Å². The Labute approximate surface area is 104 Å². The van der Waals surface area contributed by atoms with Crippen molar-refractivity contribution >= 4 is 5.82 Å². The van der Waals surface area contributed by atoms with Gasteiger partial charge in [0.15, 0.2) is 0 Å². The lowest BCUT2D eigenvalue weighted by Crippen LogP contribution is -2.32. The van der Waals surface area contributed by atoms with E-state index < -0.39 is 0 Å². The molecule has 1 aromatic heterocycles. The summed E-state index contributed by atoms with van der Waals surface area (Å²) >= 11 is 0.